The van der Waals surface area contributed by atoms with Crippen LogP contribution in [0.1, 0.15) is 0 Å². The van der Waals surface area contributed by atoms with Crippen LogP contribution in [0.4, 0.5) is 11.4 Å². The predicted molar refractivity (Wildman–Crippen MR) is 118 cm³/mol. The third kappa shape index (κ3) is 4.23. The predicted octanol–water partition coefficient (Wildman–Crippen LogP) is 3.02. The van der Waals surface area contributed by atoms with E-state index in [9.17, 15) is 9.59 Å². The fraction of sp³-hybridized carbons (Fsp3) is 0.100. The SMILES string of the molecule is C[Se]c1ccccc1NC1=C(Cl)C(=O)C(Nc2ccccc2[Se]C)=C(Cl)C1=O. The molecule has 3 rings (SSSR count). The van der Waals surface area contributed by atoms with E-state index >= 15 is 0 Å². The first-order chi connectivity index (χ1) is 13.5. The van der Waals surface area contributed by atoms with E-state index in [1.807, 2.05) is 48.5 Å². The first-order valence-corrected chi connectivity index (χ1v) is 14.1. The molecule has 0 aromatic heterocycles. The normalized spacial score (nSPS) is 14.6. The van der Waals surface area contributed by atoms with Crippen molar-refractivity contribution in [3.63, 3.8) is 0 Å². The molecule has 0 spiro atoms. The van der Waals surface area contributed by atoms with Gasteiger partial charge in [0.05, 0.1) is 0 Å². The summed E-state index contributed by atoms with van der Waals surface area (Å²) in [6.07, 6.45) is 0. The molecule has 0 heterocycles. The molecule has 28 heavy (non-hydrogen) atoms. The van der Waals surface area contributed by atoms with E-state index in [4.69, 9.17) is 23.2 Å². The van der Waals surface area contributed by atoms with Crippen molar-refractivity contribution in [2.45, 2.75) is 11.6 Å². The Hall–Kier alpha value is -1.52. The number of para-hydroxylation sites is 2. The summed E-state index contributed by atoms with van der Waals surface area (Å²) in [4.78, 5) is 25.7. The molecule has 8 heteroatoms. The standard InChI is InChI=1S/C20H16Cl2N2O2Se2/c1-27-13-9-5-3-7-11(13)23-17-15(21)20(26)18(16(22)19(17)25)24-12-8-4-6-10-14(12)28-2/h3-10,23-24H,1-2H3. The average Bonchev–Trinajstić information content (AvgIpc) is 2.73. The minimum atomic E-state index is -0.508. The summed E-state index contributed by atoms with van der Waals surface area (Å²) in [5.41, 5.74) is 1.51. The topological polar surface area (TPSA) is 58.2 Å². The van der Waals surface area contributed by atoms with Crippen molar-refractivity contribution >= 4 is 85.0 Å². The zero-order valence-corrected chi connectivity index (χ0v) is 19.9. The fourth-order valence-electron chi connectivity index (χ4n) is 2.63. The number of rotatable bonds is 6. The summed E-state index contributed by atoms with van der Waals surface area (Å²) in [6, 6.07) is 15.2. The van der Waals surface area contributed by atoms with Crippen molar-refractivity contribution < 1.29 is 9.59 Å². The Morgan fingerprint density at radius 1 is 0.679 bits per heavy atom. The Kier molecular flexibility index (Phi) is 7.05. The second-order valence-corrected chi connectivity index (χ2v) is 10.0. The van der Waals surface area contributed by atoms with E-state index in [1.165, 1.54) is 0 Å². The van der Waals surface area contributed by atoms with Gasteiger partial charge in [0, 0.05) is 0 Å². The zero-order valence-electron chi connectivity index (χ0n) is 15.0. The van der Waals surface area contributed by atoms with Crippen LogP contribution in [-0.2, 0) is 9.59 Å². The van der Waals surface area contributed by atoms with Gasteiger partial charge in [-0.3, -0.25) is 0 Å². The minimum absolute atomic E-state index is 0.00640. The molecule has 0 amide bonds. The molecule has 0 bridgehead atoms. The van der Waals surface area contributed by atoms with Crippen LogP contribution in [0.5, 0.6) is 0 Å². The van der Waals surface area contributed by atoms with Crippen molar-refractivity contribution in [1.82, 2.24) is 0 Å². The molecule has 0 aliphatic heterocycles. The second kappa shape index (κ2) is 9.32. The molecule has 0 radical (unpaired) electrons. The number of ketones is 2. The summed E-state index contributed by atoms with van der Waals surface area (Å²) in [6.45, 7) is 0. The molecular formula is C20H16Cl2N2O2Se2. The van der Waals surface area contributed by atoms with Gasteiger partial charge in [0.2, 0.25) is 0 Å². The van der Waals surface area contributed by atoms with Gasteiger partial charge in [-0.15, -0.1) is 0 Å². The number of allylic oxidation sites excluding steroid dienone is 2. The number of nitrogens with one attached hydrogen (secondary N) is 2. The van der Waals surface area contributed by atoms with Crippen molar-refractivity contribution in [2.75, 3.05) is 10.6 Å². The molecule has 0 fully saturated rings. The van der Waals surface area contributed by atoms with Crippen LogP contribution in [0.15, 0.2) is 70.0 Å². The van der Waals surface area contributed by atoms with E-state index in [1.54, 1.807) is 0 Å². The summed E-state index contributed by atoms with van der Waals surface area (Å²) < 4.78 is 2.13. The Bertz CT molecular complexity index is 937. The van der Waals surface area contributed by atoms with Crippen LogP contribution < -0.4 is 19.6 Å². The van der Waals surface area contributed by atoms with Gasteiger partial charge in [0.1, 0.15) is 0 Å². The molecule has 2 aromatic carbocycles. The van der Waals surface area contributed by atoms with Crippen molar-refractivity contribution in [1.29, 1.82) is 0 Å². The van der Waals surface area contributed by atoms with E-state index in [-0.39, 0.29) is 51.4 Å². The molecule has 2 aromatic rings. The fourth-order valence-corrected chi connectivity index (χ4v) is 5.41. The molecular weight excluding hydrogens is 529 g/mol. The third-order valence-electron chi connectivity index (χ3n) is 4.03. The summed E-state index contributed by atoms with van der Waals surface area (Å²) in [5.74, 6) is 3.12. The molecule has 0 saturated carbocycles. The van der Waals surface area contributed by atoms with Crippen molar-refractivity contribution in [2.24, 2.45) is 0 Å². The van der Waals surface area contributed by atoms with Gasteiger partial charge in [0.25, 0.3) is 0 Å². The summed E-state index contributed by atoms with van der Waals surface area (Å²) in [7, 11) is 0. The van der Waals surface area contributed by atoms with Gasteiger partial charge in [0.15, 0.2) is 0 Å². The quantitative estimate of drug-likeness (QED) is 0.433. The van der Waals surface area contributed by atoms with E-state index < -0.39 is 11.6 Å². The Morgan fingerprint density at radius 3 is 1.39 bits per heavy atom. The number of halogens is 2. The zero-order chi connectivity index (χ0) is 20.3. The molecule has 0 atom stereocenters. The molecule has 1 aliphatic carbocycles. The van der Waals surface area contributed by atoms with E-state index in [0.29, 0.717) is 0 Å². The number of carbonyl (C=O) groups excluding carboxylic acids is 2. The maximum absolute atomic E-state index is 12.9. The monoisotopic (exact) mass is 546 g/mol. The van der Waals surface area contributed by atoms with Gasteiger partial charge in [-0.2, -0.15) is 0 Å². The van der Waals surface area contributed by atoms with E-state index in [2.05, 4.69) is 22.3 Å². The van der Waals surface area contributed by atoms with E-state index in [0.717, 1.165) is 20.3 Å². The Morgan fingerprint density at radius 2 is 1.04 bits per heavy atom. The number of benzene rings is 2. The second-order valence-electron chi connectivity index (χ2n) is 5.69. The van der Waals surface area contributed by atoms with Crippen LogP contribution in [0.2, 0.25) is 11.6 Å². The maximum atomic E-state index is 12.9. The number of carbonyl (C=O) groups is 2. The Labute approximate surface area is 186 Å². The summed E-state index contributed by atoms with van der Waals surface area (Å²) >= 11 is 13.0. The molecule has 1 aliphatic rings. The van der Waals surface area contributed by atoms with Gasteiger partial charge in [-0.05, 0) is 0 Å². The van der Waals surface area contributed by atoms with Gasteiger partial charge in [-0.25, -0.2) is 0 Å². The number of hydrogen-bond donors (Lipinski definition) is 2. The molecule has 2 N–H and O–H groups in total. The molecule has 0 saturated heterocycles. The molecule has 144 valence electrons. The number of Topliss-reactive ketones (excluding diaryl/α,β-unsaturated/α-hetero) is 2. The first-order valence-electron chi connectivity index (χ1n) is 8.17. The van der Waals surface area contributed by atoms with Gasteiger partial charge < -0.3 is 0 Å². The number of hydrogen-bond acceptors (Lipinski definition) is 4. The van der Waals surface area contributed by atoms with Crippen LogP contribution >= 0.6 is 23.2 Å². The van der Waals surface area contributed by atoms with Crippen LogP contribution in [0.3, 0.4) is 0 Å². The third-order valence-corrected chi connectivity index (χ3v) is 8.09. The average molecular weight is 545 g/mol. The van der Waals surface area contributed by atoms with Crippen LogP contribution in [0, 0.1) is 0 Å². The Balaban J connectivity index is 1.94. The van der Waals surface area contributed by atoms with Crippen molar-refractivity contribution in [3.05, 3.63) is 70.0 Å². The van der Waals surface area contributed by atoms with Crippen molar-refractivity contribution in [3.8, 4) is 0 Å². The van der Waals surface area contributed by atoms with Gasteiger partial charge >= 0.3 is 187 Å². The molecule has 4 nitrogen and oxygen atoms in total. The number of anilines is 2. The first kappa shape index (κ1) is 21.2. The van der Waals surface area contributed by atoms with Gasteiger partial charge in [-0.1, -0.05) is 0 Å². The van der Waals surface area contributed by atoms with Crippen LogP contribution in [-0.4, -0.2) is 41.5 Å². The molecule has 0 unspecified atom stereocenters. The summed E-state index contributed by atoms with van der Waals surface area (Å²) in [5, 5.41) is 5.69. The van der Waals surface area contributed by atoms with Crippen LogP contribution in [0.25, 0.3) is 0 Å².